The van der Waals surface area contributed by atoms with Gasteiger partial charge in [-0.1, -0.05) is 12.1 Å². The summed E-state index contributed by atoms with van der Waals surface area (Å²) >= 11 is 1.62. The molecule has 120 valence electrons. The van der Waals surface area contributed by atoms with E-state index in [1.165, 1.54) is 18.2 Å². The van der Waals surface area contributed by atoms with Crippen molar-refractivity contribution in [3.8, 4) is 5.75 Å². The van der Waals surface area contributed by atoms with Gasteiger partial charge in [0.2, 0.25) is 5.91 Å². The molecule has 0 unspecified atom stereocenters. The van der Waals surface area contributed by atoms with Crippen molar-refractivity contribution in [1.29, 1.82) is 0 Å². The third kappa shape index (κ3) is 5.75. The molecule has 0 bridgehead atoms. The number of hydrogen-bond acceptors (Lipinski definition) is 3. The summed E-state index contributed by atoms with van der Waals surface area (Å²) in [6, 6.07) is 13.5. The predicted octanol–water partition coefficient (Wildman–Crippen LogP) is 4.66. The second-order valence-corrected chi connectivity index (χ2v) is 5.38. The summed E-state index contributed by atoms with van der Waals surface area (Å²) in [6.07, 6.45) is 4.96. The van der Waals surface area contributed by atoms with Crippen LogP contribution < -0.4 is 10.1 Å². The molecule has 2 rings (SSSR count). The zero-order valence-corrected chi connectivity index (χ0v) is 13.1. The Labute approximate surface area is 137 Å². The van der Waals surface area contributed by atoms with Gasteiger partial charge in [-0.05, 0) is 54.3 Å². The summed E-state index contributed by atoms with van der Waals surface area (Å²) in [6.45, 7) is -2.85. The standard InChI is InChI=1S/C17H15F2NO2S/c1-23-15-9-5-13(6-10-15)20-16(21)11-4-12-2-7-14(8-3-12)22-17(18)19/h2-11,17H,1H3,(H,20,21)/b11-4+. The summed E-state index contributed by atoms with van der Waals surface area (Å²) < 4.78 is 28.3. The molecule has 0 radical (unpaired) electrons. The molecule has 3 nitrogen and oxygen atoms in total. The average molecular weight is 335 g/mol. The lowest BCUT2D eigenvalue weighted by Gasteiger charge is -2.04. The Kier molecular flexibility index (Phi) is 6.17. The number of thioether (sulfide) groups is 1. The number of anilines is 1. The second-order valence-electron chi connectivity index (χ2n) is 4.50. The molecule has 0 aliphatic heterocycles. The highest BCUT2D eigenvalue weighted by molar-refractivity contribution is 7.98. The first-order valence-corrected chi connectivity index (χ1v) is 7.97. The number of carbonyl (C=O) groups excluding carboxylic acids is 1. The van der Waals surface area contributed by atoms with Gasteiger partial charge in [0, 0.05) is 16.7 Å². The lowest BCUT2D eigenvalue weighted by molar-refractivity contribution is -0.111. The van der Waals surface area contributed by atoms with Crippen molar-refractivity contribution in [3.05, 3.63) is 60.2 Å². The van der Waals surface area contributed by atoms with Crippen LogP contribution in [0.5, 0.6) is 5.75 Å². The summed E-state index contributed by atoms with van der Waals surface area (Å²) in [5, 5.41) is 2.74. The van der Waals surface area contributed by atoms with E-state index in [0.29, 0.717) is 11.3 Å². The number of alkyl halides is 2. The molecule has 2 aromatic carbocycles. The molecule has 1 N–H and O–H groups in total. The van der Waals surface area contributed by atoms with Crippen molar-refractivity contribution < 1.29 is 18.3 Å². The predicted molar refractivity (Wildman–Crippen MR) is 89.0 cm³/mol. The summed E-state index contributed by atoms with van der Waals surface area (Å²) in [7, 11) is 0. The zero-order valence-electron chi connectivity index (χ0n) is 12.3. The number of nitrogens with one attached hydrogen (secondary N) is 1. The van der Waals surface area contributed by atoms with Crippen LogP contribution in [0.1, 0.15) is 5.56 Å². The number of amides is 1. The highest BCUT2D eigenvalue weighted by Crippen LogP contribution is 2.18. The molecule has 2 aromatic rings. The largest absolute Gasteiger partial charge is 0.435 e. The van der Waals surface area contributed by atoms with Crippen LogP contribution in [0.25, 0.3) is 6.08 Å². The Bertz CT molecular complexity index is 670. The van der Waals surface area contributed by atoms with Gasteiger partial charge in [-0.25, -0.2) is 0 Å². The fourth-order valence-corrected chi connectivity index (χ4v) is 2.20. The molecule has 0 fully saturated rings. The van der Waals surface area contributed by atoms with Crippen molar-refractivity contribution in [1.82, 2.24) is 0 Å². The van der Waals surface area contributed by atoms with Gasteiger partial charge in [-0.3, -0.25) is 4.79 Å². The third-order valence-corrected chi connectivity index (χ3v) is 3.63. The first-order chi connectivity index (χ1) is 11.1. The topological polar surface area (TPSA) is 38.3 Å². The normalized spacial score (nSPS) is 11.0. The lowest BCUT2D eigenvalue weighted by atomic mass is 10.2. The fourth-order valence-electron chi connectivity index (χ4n) is 1.79. The number of rotatable bonds is 6. The monoisotopic (exact) mass is 335 g/mol. The smallest absolute Gasteiger partial charge is 0.387 e. The molecule has 0 saturated heterocycles. The molecule has 23 heavy (non-hydrogen) atoms. The van der Waals surface area contributed by atoms with Gasteiger partial charge in [0.15, 0.2) is 0 Å². The molecule has 6 heteroatoms. The maximum absolute atomic E-state index is 12.0. The molecule has 1 amide bonds. The van der Waals surface area contributed by atoms with Gasteiger partial charge >= 0.3 is 6.61 Å². The molecule has 0 atom stereocenters. The van der Waals surface area contributed by atoms with Gasteiger partial charge in [-0.2, -0.15) is 8.78 Å². The highest BCUT2D eigenvalue weighted by Gasteiger charge is 2.03. The lowest BCUT2D eigenvalue weighted by Crippen LogP contribution is -2.07. The number of halogens is 2. The fraction of sp³-hybridized carbons (Fsp3) is 0.118. The minimum atomic E-state index is -2.85. The van der Waals surface area contributed by atoms with E-state index in [0.717, 1.165) is 4.90 Å². The molecule has 0 spiro atoms. The summed E-state index contributed by atoms with van der Waals surface area (Å²) in [4.78, 5) is 12.9. The zero-order chi connectivity index (χ0) is 16.7. The van der Waals surface area contributed by atoms with Crippen LogP contribution in [-0.4, -0.2) is 18.8 Å². The average Bonchev–Trinajstić information content (AvgIpc) is 2.54. The van der Waals surface area contributed by atoms with Gasteiger partial charge < -0.3 is 10.1 Å². The van der Waals surface area contributed by atoms with Gasteiger partial charge in [0.1, 0.15) is 5.75 Å². The van der Waals surface area contributed by atoms with Crippen LogP contribution in [0.2, 0.25) is 0 Å². The van der Waals surface area contributed by atoms with Crippen LogP contribution in [0.4, 0.5) is 14.5 Å². The van der Waals surface area contributed by atoms with E-state index in [-0.39, 0.29) is 11.7 Å². The van der Waals surface area contributed by atoms with Crippen LogP contribution >= 0.6 is 11.8 Å². The molecule has 0 heterocycles. The third-order valence-electron chi connectivity index (χ3n) is 2.89. The minimum Gasteiger partial charge on any atom is -0.435 e. The van der Waals surface area contributed by atoms with Crippen molar-refractivity contribution in [2.45, 2.75) is 11.5 Å². The highest BCUT2D eigenvalue weighted by atomic mass is 32.2. The number of benzene rings is 2. The number of hydrogen-bond donors (Lipinski definition) is 1. The van der Waals surface area contributed by atoms with Gasteiger partial charge in [0.05, 0.1) is 0 Å². The molecule has 0 aliphatic carbocycles. The summed E-state index contributed by atoms with van der Waals surface area (Å²) in [5.74, 6) is -0.190. The van der Waals surface area contributed by atoms with Crippen molar-refractivity contribution in [3.63, 3.8) is 0 Å². The van der Waals surface area contributed by atoms with E-state index >= 15 is 0 Å². The molecule has 0 aliphatic rings. The Hall–Kier alpha value is -2.34. The number of carbonyl (C=O) groups is 1. The van der Waals surface area contributed by atoms with E-state index < -0.39 is 6.61 Å². The van der Waals surface area contributed by atoms with Gasteiger partial charge in [0.25, 0.3) is 0 Å². The van der Waals surface area contributed by atoms with E-state index in [9.17, 15) is 13.6 Å². The Morgan fingerprint density at radius 2 is 1.78 bits per heavy atom. The van der Waals surface area contributed by atoms with Crippen LogP contribution in [0, 0.1) is 0 Å². The maximum Gasteiger partial charge on any atom is 0.387 e. The Morgan fingerprint density at radius 3 is 2.35 bits per heavy atom. The summed E-state index contributed by atoms with van der Waals surface area (Å²) in [5.41, 5.74) is 1.41. The molecular formula is C17H15F2NO2S. The number of ether oxygens (including phenoxy) is 1. The molecule has 0 saturated carbocycles. The molecular weight excluding hydrogens is 320 g/mol. The van der Waals surface area contributed by atoms with Crippen LogP contribution in [0.3, 0.4) is 0 Å². The van der Waals surface area contributed by atoms with Crippen molar-refractivity contribution >= 4 is 29.4 Å². The maximum atomic E-state index is 12.0. The molecule has 0 aromatic heterocycles. The van der Waals surface area contributed by atoms with Crippen LogP contribution in [0.15, 0.2) is 59.5 Å². The van der Waals surface area contributed by atoms with Gasteiger partial charge in [-0.15, -0.1) is 11.8 Å². The van der Waals surface area contributed by atoms with E-state index in [1.807, 2.05) is 30.5 Å². The van der Waals surface area contributed by atoms with Crippen LogP contribution in [-0.2, 0) is 4.79 Å². The van der Waals surface area contributed by atoms with Crippen molar-refractivity contribution in [2.75, 3.05) is 11.6 Å². The first kappa shape index (κ1) is 17.0. The second kappa shape index (κ2) is 8.33. The van der Waals surface area contributed by atoms with E-state index in [4.69, 9.17) is 0 Å². The first-order valence-electron chi connectivity index (χ1n) is 6.75. The Balaban J connectivity index is 1.92. The van der Waals surface area contributed by atoms with E-state index in [2.05, 4.69) is 10.1 Å². The quantitative estimate of drug-likeness (QED) is 0.616. The van der Waals surface area contributed by atoms with Crippen molar-refractivity contribution in [2.24, 2.45) is 0 Å². The Morgan fingerprint density at radius 1 is 1.13 bits per heavy atom. The minimum absolute atomic E-state index is 0.0792. The van der Waals surface area contributed by atoms with E-state index in [1.54, 1.807) is 30.0 Å². The SMILES string of the molecule is CSc1ccc(NC(=O)/C=C/c2ccc(OC(F)F)cc2)cc1.